The van der Waals surface area contributed by atoms with Crippen LogP contribution in [-0.4, -0.2) is 36.6 Å². The number of esters is 1. The maximum Gasteiger partial charge on any atom is 0.355 e. The average Bonchev–Trinajstić information content (AvgIpc) is 3.20. The van der Waals surface area contributed by atoms with Crippen LogP contribution < -0.4 is 9.91 Å². The second-order valence-corrected chi connectivity index (χ2v) is 7.43. The number of imide groups is 1. The van der Waals surface area contributed by atoms with Gasteiger partial charge in [0.25, 0.3) is 5.91 Å². The largest absolute Gasteiger partial charge is 0.464 e. The van der Waals surface area contributed by atoms with Crippen LogP contribution in [0.25, 0.3) is 0 Å². The maximum atomic E-state index is 13.3. The van der Waals surface area contributed by atoms with Gasteiger partial charge >= 0.3 is 5.97 Å². The minimum Gasteiger partial charge on any atom is -0.464 e. The van der Waals surface area contributed by atoms with Crippen molar-refractivity contribution in [3.05, 3.63) is 58.6 Å². The van der Waals surface area contributed by atoms with E-state index in [-0.39, 0.29) is 5.71 Å². The highest BCUT2D eigenvalue weighted by Crippen LogP contribution is 2.39. The van der Waals surface area contributed by atoms with Gasteiger partial charge in [0.05, 0.1) is 18.5 Å². The number of anilines is 2. The number of hydrogen-bond acceptors (Lipinski definition) is 6. The molecule has 1 fully saturated rings. The molecule has 0 spiro atoms. The van der Waals surface area contributed by atoms with Gasteiger partial charge in [-0.15, -0.1) is 0 Å². The normalized spacial score (nSPS) is 21.0. The van der Waals surface area contributed by atoms with E-state index in [4.69, 9.17) is 4.74 Å². The molecule has 1 saturated heterocycles. The Balaban J connectivity index is 1.82. The number of carbonyl (C=O) groups is 3. The number of hydrogen-bond donors (Lipinski definition) is 0. The standard InChI is InChI=1S/C20H16BrN3O4/c1-11-5-3-4-6-14(11)24-17-15(16(22-24)20(27)28-2)18(25)23(19(17)26)13-9-7-12(21)8-10-13/h3-10,15,17H,1-2H3/t15-,17-/m0/s1. The minimum atomic E-state index is -1.01. The van der Waals surface area contributed by atoms with Crippen LogP contribution in [0.5, 0.6) is 0 Å². The second-order valence-electron chi connectivity index (χ2n) is 6.52. The van der Waals surface area contributed by atoms with E-state index in [0.717, 1.165) is 14.9 Å². The molecule has 28 heavy (non-hydrogen) atoms. The SMILES string of the molecule is COC(=O)C1=NN(c2ccccc2C)[C@@H]2C(=O)N(c3ccc(Br)cc3)C(=O)[C@@H]12. The molecule has 2 aromatic rings. The number of benzene rings is 2. The molecule has 0 unspecified atom stereocenters. The molecule has 2 heterocycles. The first kappa shape index (κ1) is 18.4. The first-order valence-corrected chi connectivity index (χ1v) is 9.38. The lowest BCUT2D eigenvalue weighted by Gasteiger charge is -2.23. The average molecular weight is 442 g/mol. The van der Waals surface area contributed by atoms with Gasteiger partial charge in [-0.1, -0.05) is 34.1 Å². The number of ether oxygens (including phenoxy) is 1. The van der Waals surface area contributed by atoms with Crippen molar-refractivity contribution in [2.24, 2.45) is 11.0 Å². The summed E-state index contributed by atoms with van der Waals surface area (Å²) in [4.78, 5) is 39.8. The number of rotatable bonds is 3. The lowest BCUT2D eigenvalue weighted by Crippen LogP contribution is -2.39. The highest BCUT2D eigenvalue weighted by Gasteiger charge is 2.59. The maximum absolute atomic E-state index is 13.3. The monoisotopic (exact) mass is 441 g/mol. The number of methoxy groups -OCH3 is 1. The summed E-state index contributed by atoms with van der Waals surface area (Å²) < 4.78 is 5.64. The number of para-hydroxylation sites is 1. The van der Waals surface area contributed by atoms with E-state index >= 15 is 0 Å². The van der Waals surface area contributed by atoms with E-state index in [1.54, 1.807) is 30.3 Å². The van der Waals surface area contributed by atoms with Gasteiger partial charge in [0.15, 0.2) is 5.71 Å². The van der Waals surface area contributed by atoms with E-state index in [0.29, 0.717) is 11.4 Å². The third-order valence-corrected chi connectivity index (χ3v) is 5.42. The van der Waals surface area contributed by atoms with Crippen molar-refractivity contribution in [2.45, 2.75) is 13.0 Å². The Morgan fingerprint density at radius 2 is 1.75 bits per heavy atom. The summed E-state index contributed by atoms with van der Waals surface area (Å²) >= 11 is 3.34. The summed E-state index contributed by atoms with van der Waals surface area (Å²) in [6, 6.07) is 13.3. The van der Waals surface area contributed by atoms with Crippen LogP contribution in [-0.2, 0) is 19.1 Å². The van der Waals surface area contributed by atoms with Crippen molar-refractivity contribution in [3.8, 4) is 0 Å². The molecule has 2 aromatic carbocycles. The van der Waals surface area contributed by atoms with Crippen molar-refractivity contribution in [2.75, 3.05) is 17.0 Å². The molecule has 142 valence electrons. The predicted octanol–water partition coefficient (Wildman–Crippen LogP) is 2.66. The Morgan fingerprint density at radius 3 is 2.39 bits per heavy atom. The fraction of sp³-hybridized carbons (Fsp3) is 0.200. The Labute approximate surface area is 169 Å². The number of nitrogens with zero attached hydrogens (tertiary/aromatic N) is 3. The molecule has 2 aliphatic heterocycles. The van der Waals surface area contributed by atoms with Crippen LogP contribution >= 0.6 is 15.9 Å². The molecule has 4 rings (SSSR count). The summed E-state index contributed by atoms with van der Waals surface area (Å²) in [5, 5.41) is 5.78. The quantitative estimate of drug-likeness (QED) is 0.540. The van der Waals surface area contributed by atoms with Gasteiger partial charge in [-0.3, -0.25) is 14.6 Å². The summed E-state index contributed by atoms with van der Waals surface area (Å²) in [6.07, 6.45) is 0. The lowest BCUT2D eigenvalue weighted by molar-refractivity contribution is -0.133. The Morgan fingerprint density at radius 1 is 1.07 bits per heavy atom. The van der Waals surface area contributed by atoms with Gasteiger partial charge in [0.2, 0.25) is 5.91 Å². The smallest absolute Gasteiger partial charge is 0.355 e. The zero-order valence-corrected chi connectivity index (χ0v) is 16.7. The summed E-state index contributed by atoms with van der Waals surface area (Å²) in [7, 11) is 1.23. The van der Waals surface area contributed by atoms with Gasteiger partial charge in [-0.05, 0) is 42.8 Å². The molecular weight excluding hydrogens is 426 g/mol. The van der Waals surface area contributed by atoms with Crippen molar-refractivity contribution in [1.29, 1.82) is 0 Å². The van der Waals surface area contributed by atoms with E-state index in [2.05, 4.69) is 21.0 Å². The molecule has 0 radical (unpaired) electrons. The van der Waals surface area contributed by atoms with Crippen LogP contribution in [0.1, 0.15) is 5.56 Å². The molecule has 7 nitrogen and oxygen atoms in total. The fourth-order valence-electron chi connectivity index (χ4n) is 3.55. The van der Waals surface area contributed by atoms with Crippen molar-refractivity contribution in [3.63, 3.8) is 0 Å². The summed E-state index contributed by atoms with van der Waals surface area (Å²) in [6.45, 7) is 1.88. The number of carbonyl (C=O) groups excluding carboxylic acids is 3. The Kier molecular flexibility index (Phi) is 4.50. The van der Waals surface area contributed by atoms with E-state index in [1.807, 2.05) is 25.1 Å². The molecule has 2 aliphatic rings. The van der Waals surface area contributed by atoms with Gasteiger partial charge in [0, 0.05) is 4.47 Å². The summed E-state index contributed by atoms with van der Waals surface area (Å²) in [5.41, 5.74) is 1.92. The van der Waals surface area contributed by atoms with E-state index in [1.165, 1.54) is 12.1 Å². The molecule has 8 heteroatoms. The molecule has 0 bridgehead atoms. The van der Waals surface area contributed by atoms with Gasteiger partial charge in [0.1, 0.15) is 12.0 Å². The molecule has 0 aromatic heterocycles. The van der Waals surface area contributed by atoms with Crippen LogP contribution in [0.4, 0.5) is 11.4 Å². The Hall–Kier alpha value is -3.00. The van der Waals surface area contributed by atoms with Crippen molar-refractivity contribution < 1.29 is 19.1 Å². The fourth-order valence-corrected chi connectivity index (χ4v) is 3.82. The van der Waals surface area contributed by atoms with Crippen molar-refractivity contribution in [1.82, 2.24) is 0 Å². The van der Waals surface area contributed by atoms with Gasteiger partial charge in [-0.2, -0.15) is 5.10 Å². The van der Waals surface area contributed by atoms with E-state index < -0.39 is 29.7 Å². The molecule has 2 atom stereocenters. The zero-order chi connectivity index (χ0) is 20.0. The first-order valence-electron chi connectivity index (χ1n) is 8.59. The van der Waals surface area contributed by atoms with Crippen LogP contribution in [0.3, 0.4) is 0 Å². The second kappa shape index (κ2) is 6.87. The van der Waals surface area contributed by atoms with Crippen LogP contribution in [0.15, 0.2) is 58.1 Å². The van der Waals surface area contributed by atoms with Gasteiger partial charge in [-0.25, -0.2) is 9.69 Å². The number of aryl methyl sites for hydroxylation is 1. The molecule has 0 saturated carbocycles. The zero-order valence-electron chi connectivity index (χ0n) is 15.1. The number of hydrazone groups is 1. The highest BCUT2D eigenvalue weighted by molar-refractivity contribution is 9.10. The minimum absolute atomic E-state index is 0.0614. The highest BCUT2D eigenvalue weighted by atomic mass is 79.9. The molecule has 0 N–H and O–H groups in total. The van der Waals surface area contributed by atoms with Crippen molar-refractivity contribution >= 4 is 50.8 Å². The summed E-state index contributed by atoms with van der Waals surface area (Å²) in [5.74, 6) is -2.64. The molecule has 0 aliphatic carbocycles. The molecular formula is C20H16BrN3O4. The van der Waals surface area contributed by atoms with Crippen LogP contribution in [0.2, 0.25) is 0 Å². The predicted molar refractivity (Wildman–Crippen MR) is 107 cm³/mol. The number of amides is 2. The Bertz CT molecular complexity index is 1020. The third-order valence-electron chi connectivity index (χ3n) is 4.89. The molecule has 2 amide bonds. The lowest BCUT2D eigenvalue weighted by atomic mass is 9.97. The van der Waals surface area contributed by atoms with Gasteiger partial charge < -0.3 is 4.74 Å². The number of halogens is 1. The topological polar surface area (TPSA) is 79.3 Å². The first-order chi connectivity index (χ1) is 13.4. The van der Waals surface area contributed by atoms with E-state index in [9.17, 15) is 14.4 Å². The number of fused-ring (bicyclic) bond motifs is 1. The van der Waals surface area contributed by atoms with Crippen LogP contribution in [0, 0.1) is 12.8 Å². The third kappa shape index (κ3) is 2.72.